The van der Waals surface area contributed by atoms with Crippen LogP contribution in [0.5, 0.6) is 5.75 Å². The van der Waals surface area contributed by atoms with Gasteiger partial charge >= 0.3 is 0 Å². The highest BCUT2D eigenvalue weighted by Crippen LogP contribution is 2.34. The average molecular weight is 418 g/mol. The highest BCUT2D eigenvalue weighted by Gasteiger charge is 2.35. The van der Waals surface area contributed by atoms with Gasteiger partial charge < -0.3 is 14.5 Å². The van der Waals surface area contributed by atoms with Gasteiger partial charge in [0.05, 0.1) is 30.0 Å². The molecule has 1 atom stereocenters. The Morgan fingerprint density at radius 3 is 2.45 bits per heavy atom. The van der Waals surface area contributed by atoms with E-state index in [0.717, 1.165) is 22.6 Å². The number of anilines is 1. The molecule has 3 aromatic rings. The van der Waals surface area contributed by atoms with Crippen molar-refractivity contribution >= 4 is 17.5 Å². The van der Waals surface area contributed by atoms with Gasteiger partial charge in [0.15, 0.2) is 6.10 Å². The zero-order chi connectivity index (χ0) is 22.1. The summed E-state index contributed by atoms with van der Waals surface area (Å²) in [5.74, 6) is 0.276. The SMILES string of the molecule is Cc1nn(-c2ccccc2)c(C)c1CC(=O)N1CC(C(=O)N(C)C)Oc2ccccc21. The number of likely N-dealkylation sites (N-methyl/N-ethyl adjacent to an activating group) is 1. The number of hydrogen-bond acceptors (Lipinski definition) is 4. The van der Waals surface area contributed by atoms with Crippen molar-refractivity contribution in [3.05, 3.63) is 71.5 Å². The third-order valence-electron chi connectivity index (χ3n) is 5.56. The van der Waals surface area contributed by atoms with Crippen LogP contribution in [-0.4, -0.2) is 53.2 Å². The minimum Gasteiger partial charge on any atom is -0.476 e. The number of aromatic nitrogens is 2. The van der Waals surface area contributed by atoms with Crippen LogP contribution in [0.15, 0.2) is 54.6 Å². The average Bonchev–Trinajstić information content (AvgIpc) is 3.06. The highest BCUT2D eigenvalue weighted by molar-refractivity contribution is 5.98. The van der Waals surface area contributed by atoms with E-state index < -0.39 is 6.10 Å². The lowest BCUT2D eigenvalue weighted by atomic mass is 10.1. The molecule has 1 aliphatic heterocycles. The first-order valence-corrected chi connectivity index (χ1v) is 10.2. The molecule has 2 aromatic carbocycles. The fourth-order valence-corrected chi connectivity index (χ4v) is 3.89. The monoisotopic (exact) mass is 418 g/mol. The van der Waals surface area contributed by atoms with Crippen LogP contribution in [0.4, 0.5) is 5.69 Å². The first-order valence-electron chi connectivity index (χ1n) is 10.2. The lowest BCUT2D eigenvalue weighted by Crippen LogP contribution is -2.50. The summed E-state index contributed by atoms with van der Waals surface area (Å²) in [6, 6.07) is 17.2. The van der Waals surface area contributed by atoms with Crippen LogP contribution in [-0.2, 0) is 16.0 Å². The Kier molecular flexibility index (Phi) is 5.50. The molecule has 0 fully saturated rings. The van der Waals surface area contributed by atoms with Crippen LogP contribution in [0.25, 0.3) is 5.69 Å². The number of rotatable bonds is 4. The summed E-state index contributed by atoms with van der Waals surface area (Å²) < 4.78 is 7.76. The number of aryl methyl sites for hydroxylation is 1. The molecule has 4 rings (SSSR count). The van der Waals surface area contributed by atoms with Crippen molar-refractivity contribution in [3.63, 3.8) is 0 Å². The number of fused-ring (bicyclic) bond motifs is 1. The zero-order valence-electron chi connectivity index (χ0n) is 18.2. The molecule has 7 heteroatoms. The second kappa shape index (κ2) is 8.26. The van der Waals surface area contributed by atoms with Crippen molar-refractivity contribution in [2.75, 3.05) is 25.5 Å². The number of para-hydroxylation sites is 3. The van der Waals surface area contributed by atoms with Gasteiger partial charge in [0.1, 0.15) is 5.75 Å². The fourth-order valence-electron chi connectivity index (χ4n) is 3.89. The number of carbonyl (C=O) groups is 2. The van der Waals surface area contributed by atoms with Crippen molar-refractivity contribution in [2.24, 2.45) is 0 Å². The topological polar surface area (TPSA) is 67.7 Å². The van der Waals surface area contributed by atoms with Gasteiger partial charge in [0.2, 0.25) is 5.91 Å². The van der Waals surface area contributed by atoms with E-state index in [2.05, 4.69) is 5.10 Å². The van der Waals surface area contributed by atoms with Crippen molar-refractivity contribution in [1.82, 2.24) is 14.7 Å². The van der Waals surface area contributed by atoms with E-state index in [1.165, 1.54) is 4.90 Å². The number of amides is 2. The van der Waals surface area contributed by atoms with Crippen LogP contribution in [0.3, 0.4) is 0 Å². The minimum absolute atomic E-state index is 0.0916. The maximum absolute atomic E-state index is 13.4. The number of ether oxygens (including phenoxy) is 1. The molecule has 0 bridgehead atoms. The number of benzene rings is 2. The Balaban J connectivity index is 1.64. The van der Waals surface area contributed by atoms with E-state index in [9.17, 15) is 9.59 Å². The maximum atomic E-state index is 13.4. The van der Waals surface area contributed by atoms with E-state index in [1.54, 1.807) is 25.1 Å². The van der Waals surface area contributed by atoms with Crippen molar-refractivity contribution < 1.29 is 14.3 Å². The summed E-state index contributed by atoms with van der Waals surface area (Å²) in [5.41, 5.74) is 4.28. The van der Waals surface area contributed by atoms with Gasteiger partial charge in [-0.3, -0.25) is 9.59 Å². The van der Waals surface area contributed by atoms with E-state index >= 15 is 0 Å². The standard InChI is InChI=1S/C24H26N4O3/c1-16-19(17(2)28(25-16)18-10-6-5-7-11-18)14-23(29)27-15-22(24(30)26(3)4)31-21-13-9-8-12-20(21)27/h5-13,22H,14-15H2,1-4H3. The van der Waals surface area contributed by atoms with Gasteiger partial charge in [-0.25, -0.2) is 4.68 Å². The minimum atomic E-state index is -0.733. The Labute approximate surface area is 181 Å². The van der Waals surface area contributed by atoms with Gasteiger partial charge in [-0.05, 0) is 38.1 Å². The molecule has 31 heavy (non-hydrogen) atoms. The lowest BCUT2D eigenvalue weighted by molar-refractivity contribution is -0.136. The van der Waals surface area contributed by atoms with Gasteiger partial charge in [-0.15, -0.1) is 0 Å². The molecule has 2 amide bonds. The van der Waals surface area contributed by atoms with Gasteiger partial charge in [-0.1, -0.05) is 30.3 Å². The van der Waals surface area contributed by atoms with Gasteiger partial charge in [-0.2, -0.15) is 5.10 Å². The van der Waals surface area contributed by atoms with Crippen LogP contribution < -0.4 is 9.64 Å². The summed E-state index contributed by atoms with van der Waals surface area (Å²) in [6.07, 6.45) is -0.537. The predicted octanol–water partition coefficient (Wildman–Crippen LogP) is 2.91. The molecular formula is C24H26N4O3. The Bertz CT molecular complexity index is 1120. The largest absolute Gasteiger partial charge is 0.476 e. The summed E-state index contributed by atoms with van der Waals surface area (Å²) in [6.45, 7) is 4.07. The molecule has 1 unspecified atom stereocenters. The molecule has 1 aromatic heterocycles. The first-order chi connectivity index (χ1) is 14.9. The molecule has 0 radical (unpaired) electrons. The molecule has 1 aliphatic rings. The Hall–Kier alpha value is -3.61. The highest BCUT2D eigenvalue weighted by atomic mass is 16.5. The van der Waals surface area contributed by atoms with Crippen LogP contribution in [0.2, 0.25) is 0 Å². The normalized spacial score (nSPS) is 15.2. The van der Waals surface area contributed by atoms with Crippen LogP contribution >= 0.6 is 0 Å². The van der Waals surface area contributed by atoms with Crippen LogP contribution in [0.1, 0.15) is 17.0 Å². The third-order valence-corrected chi connectivity index (χ3v) is 5.56. The molecular weight excluding hydrogens is 392 g/mol. The fraction of sp³-hybridized carbons (Fsp3) is 0.292. The summed E-state index contributed by atoms with van der Waals surface area (Å²) in [5, 5.41) is 4.65. The summed E-state index contributed by atoms with van der Waals surface area (Å²) in [4.78, 5) is 29.1. The quantitative estimate of drug-likeness (QED) is 0.653. The second-order valence-electron chi connectivity index (χ2n) is 7.88. The Morgan fingerprint density at radius 2 is 1.74 bits per heavy atom. The van der Waals surface area contributed by atoms with E-state index in [4.69, 9.17) is 4.74 Å². The van der Waals surface area contributed by atoms with E-state index in [1.807, 2.05) is 67.1 Å². The van der Waals surface area contributed by atoms with Crippen molar-refractivity contribution in [1.29, 1.82) is 0 Å². The Morgan fingerprint density at radius 1 is 1.06 bits per heavy atom. The molecule has 0 saturated heterocycles. The van der Waals surface area contributed by atoms with E-state index in [0.29, 0.717) is 11.4 Å². The third kappa shape index (κ3) is 3.91. The molecule has 0 aliphatic carbocycles. The second-order valence-corrected chi connectivity index (χ2v) is 7.88. The first kappa shape index (κ1) is 20.7. The molecule has 0 saturated carbocycles. The van der Waals surface area contributed by atoms with Gasteiger partial charge in [0.25, 0.3) is 5.91 Å². The van der Waals surface area contributed by atoms with Crippen molar-refractivity contribution in [2.45, 2.75) is 26.4 Å². The molecule has 160 valence electrons. The number of hydrogen-bond donors (Lipinski definition) is 0. The molecule has 2 heterocycles. The van der Waals surface area contributed by atoms with E-state index in [-0.39, 0.29) is 24.8 Å². The predicted molar refractivity (Wildman–Crippen MR) is 119 cm³/mol. The van der Waals surface area contributed by atoms with Crippen LogP contribution in [0, 0.1) is 13.8 Å². The molecule has 0 spiro atoms. The molecule has 7 nitrogen and oxygen atoms in total. The smallest absolute Gasteiger partial charge is 0.265 e. The summed E-state index contributed by atoms with van der Waals surface area (Å²) in [7, 11) is 3.37. The molecule has 0 N–H and O–H groups in total. The zero-order valence-corrected chi connectivity index (χ0v) is 18.2. The number of nitrogens with zero attached hydrogens (tertiary/aromatic N) is 4. The van der Waals surface area contributed by atoms with Crippen molar-refractivity contribution in [3.8, 4) is 11.4 Å². The number of carbonyl (C=O) groups excluding carboxylic acids is 2. The van der Waals surface area contributed by atoms with Gasteiger partial charge in [0, 0.05) is 25.4 Å². The lowest BCUT2D eigenvalue weighted by Gasteiger charge is -2.35. The maximum Gasteiger partial charge on any atom is 0.265 e. The summed E-state index contributed by atoms with van der Waals surface area (Å²) >= 11 is 0.